The van der Waals surface area contributed by atoms with E-state index >= 15 is 0 Å². The zero-order valence-electron chi connectivity index (χ0n) is 11.1. The van der Waals surface area contributed by atoms with Crippen molar-refractivity contribution in [3.8, 4) is 6.01 Å². The highest BCUT2D eigenvalue weighted by atomic mass is 35.5. The van der Waals surface area contributed by atoms with Gasteiger partial charge in [0, 0.05) is 18.1 Å². The predicted molar refractivity (Wildman–Crippen MR) is 77.1 cm³/mol. The van der Waals surface area contributed by atoms with E-state index in [2.05, 4.69) is 25.9 Å². The van der Waals surface area contributed by atoms with E-state index in [0.29, 0.717) is 18.8 Å². The number of halogens is 1. The van der Waals surface area contributed by atoms with Crippen molar-refractivity contribution < 1.29 is 9.53 Å². The molecule has 0 aliphatic rings. The maximum atomic E-state index is 11.7. The molecule has 9 heteroatoms. The van der Waals surface area contributed by atoms with E-state index in [1.54, 1.807) is 0 Å². The lowest BCUT2D eigenvalue weighted by molar-refractivity contribution is -0.136. The second kappa shape index (κ2) is 7.55. The van der Waals surface area contributed by atoms with Gasteiger partial charge in [-0.1, -0.05) is 22.3 Å². The van der Waals surface area contributed by atoms with Crippen LogP contribution in [0.1, 0.15) is 5.56 Å². The summed E-state index contributed by atoms with van der Waals surface area (Å²) in [6.07, 6.45) is 0.354. The average Bonchev–Trinajstić information content (AvgIpc) is 2.99. The molecule has 4 N–H and O–H groups in total. The first-order chi connectivity index (χ1) is 10.2. The van der Waals surface area contributed by atoms with Gasteiger partial charge >= 0.3 is 12.0 Å². The quantitative estimate of drug-likeness (QED) is 0.498. The van der Waals surface area contributed by atoms with Crippen LogP contribution < -0.4 is 15.8 Å². The van der Waals surface area contributed by atoms with Gasteiger partial charge in [0.05, 0.1) is 0 Å². The topological polar surface area (TPSA) is 119 Å². The molecule has 0 aliphatic heterocycles. The minimum Gasteiger partial charge on any atom is -0.387 e. The van der Waals surface area contributed by atoms with Gasteiger partial charge in [-0.15, -0.1) is 11.6 Å². The third kappa shape index (κ3) is 4.69. The summed E-state index contributed by atoms with van der Waals surface area (Å²) < 4.78 is 4.86. The van der Waals surface area contributed by atoms with E-state index in [4.69, 9.17) is 22.1 Å². The standard InChI is InChI=1S/C12H15ClN6O2/c13-5-6-15-9-3-1-8(2-4-9)7-10(14)11(20)21-12-16-18-19-17-12/h1-4,10,15H,5-7,14H2,(H,16,17,18,19)/t10-/m0/s1. The predicted octanol–water partition coefficient (Wildman–Crippen LogP) is 0.326. The van der Waals surface area contributed by atoms with Gasteiger partial charge in [-0.2, -0.15) is 5.21 Å². The third-order valence-electron chi connectivity index (χ3n) is 2.65. The molecule has 8 nitrogen and oxygen atoms in total. The lowest BCUT2D eigenvalue weighted by atomic mass is 10.1. The number of H-pyrrole nitrogens is 1. The summed E-state index contributed by atoms with van der Waals surface area (Å²) in [6, 6.07) is 6.63. The van der Waals surface area contributed by atoms with E-state index < -0.39 is 12.0 Å². The number of carbonyl (C=O) groups excluding carboxylic acids is 1. The first kappa shape index (κ1) is 15.2. The number of rotatable bonds is 7. The summed E-state index contributed by atoms with van der Waals surface area (Å²) in [5.74, 6) is -0.0742. The highest BCUT2D eigenvalue weighted by molar-refractivity contribution is 6.18. The number of esters is 1. The van der Waals surface area contributed by atoms with Gasteiger partial charge in [-0.05, 0) is 29.3 Å². The van der Waals surface area contributed by atoms with Crippen molar-refractivity contribution in [2.75, 3.05) is 17.7 Å². The van der Waals surface area contributed by atoms with Gasteiger partial charge in [0.25, 0.3) is 0 Å². The van der Waals surface area contributed by atoms with Crippen LogP contribution in [-0.2, 0) is 11.2 Å². The molecule has 112 valence electrons. The summed E-state index contributed by atoms with van der Waals surface area (Å²) in [5.41, 5.74) is 7.67. The number of hydrogen-bond acceptors (Lipinski definition) is 7. The Kier molecular flexibility index (Phi) is 5.47. The second-order valence-corrected chi connectivity index (χ2v) is 4.62. The van der Waals surface area contributed by atoms with Crippen LogP contribution in [-0.4, -0.2) is 45.1 Å². The molecule has 1 heterocycles. The number of anilines is 1. The Morgan fingerprint density at radius 2 is 2.19 bits per heavy atom. The van der Waals surface area contributed by atoms with Gasteiger partial charge in [0.15, 0.2) is 0 Å². The van der Waals surface area contributed by atoms with Crippen LogP contribution >= 0.6 is 11.6 Å². The van der Waals surface area contributed by atoms with E-state index in [1.807, 2.05) is 24.3 Å². The molecule has 0 aliphatic carbocycles. The van der Waals surface area contributed by atoms with Gasteiger partial charge < -0.3 is 15.8 Å². The maximum absolute atomic E-state index is 11.7. The molecular weight excluding hydrogens is 296 g/mol. The maximum Gasteiger partial charge on any atom is 0.363 e. The molecule has 1 atom stereocenters. The minimum atomic E-state index is -0.801. The van der Waals surface area contributed by atoms with Gasteiger partial charge in [-0.25, -0.2) is 4.79 Å². The van der Waals surface area contributed by atoms with Crippen LogP contribution in [0.3, 0.4) is 0 Å². The molecule has 0 radical (unpaired) electrons. The first-order valence-electron chi connectivity index (χ1n) is 6.28. The summed E-state index contributed by atoms with van der Waals surface area (Å²) in [7, 11) is 0. The number of aromatic nitrogens is 4. The number of nitrogens with one attached hydrogen (secondary N) is 2. The largest absolute Gasteiger partial charge is 0.387 e. The number of benzene rings is 1. The van der Waals surface area contributed by atoms with E-state index in [1.165, 1.54) is 0 Å². The highest BCUT2D eigenvalue weighted by Crippen LogP contribution is 2.11. The van der Waals surface area contributed by atoms with Gasteiger partial charge in [-0.3, -0.25) is 0 Å². The zero-order valence-corrected chi connectivity index (χ0v) is 11.9. The molecule has 2 rings (SSSR count). The minimum absolute atomic E-state index is 0.143. The normalized spacial score (nSPS) is 11.9. The monoisotopic (exact) mass is 310 g/mol. The molecule has 0 amide bonds. The molecule has 1 aromatic carbocycles. The van der Waals surface area contributed by atoms with Gasteiger partial charge in [0.2, 0.25) is 0 Å². The smallest absolute Gasteiger partial charge is 0.363 e. The number of hydrogen-bond donors (Lipinski definition) is 3. The number of aromatic amines is 1. The number of alkyl halides is 1. The first-order valence-corrected chi connectivity index (χ1v) is 6.82. The molecule has 0 bridgehead atoms. The molecule has 1 aromatic heterocycles. The van der Waals surface area contributed by atoms with E-state index in [9.17, 15) is 4.79 Å². The van der Waals surface area contributed by atoms with Crippen molar-refractivity contribution >= 4 is 23.3 Å². The zero-order chi connectivity index (χ0) is 15.1. The van der Waals surface area contributed by atoms with Crippen molar-refractivity contribution in [2.24, 2.45) is 5.73 Å². The number of carbonyl (C=O) groups is 1. The van der Waals surface area contributed by atoms with E-state index in [-0.39, 0.29) is 6.01 Å². The summed E-state index contributed by atoms with van der Waals surface area (Å²) >= 11 is 5.60. The number of ether oxygens (including phenoxy) is 1. The molecule has 0 saturated heterocycles. The highest BCUT2D eigenvalue weighted by Gasteiger charge is 2.18. The Morgan fingerprint density at radius 1 is 1.43 bits per heavy atom. The average molecular weight is 311 g/mol. The summed E-state index contributed by atoms with van der Waals surface area (Å²) in [6.45, 7) is 0.692. The van der Waals surface area contributed by atoms with Crippen molar-refractivity contribution in [1.29, 1.82) is 0 Å². The van der Waals surface area contributed by atoms with Crippen molar-refractivity contribution in [3.63, 3.8) is 0 Å². The summed E-state index contributed by atoms with van der Waals surface area (Å²) in [5, 5.41) is 15.7. The molecule has 21 heavy (non-hydrogen) atoms. The summed E-state index contributed by atoms with van der Waals surface area (Å²) in [4.78, 5) is 11.7. The number of tetrazole rings is 1. The van der Waals surface area contributed by atoms with E-state index in [0.717, 1.165) is 11.3 Å². The van der Waals surface area contributed by atoms with Gasteiger partial charge in [0.1, 0.15) is 6.04 Å². The van der Waals surface area contributed by atoms with Crippen molar-refractivity contribution in [1.82, 2.24) is 20.6 Å². The van der Waals surface area contributed by atoms with Crippen LogP contribution in [0.15, 0.2) is 24.3 Å². The second-order valence-electron chi connectivity index (χ2n) is 4.24. The van der Waals surface area contributed by atoms with Crippen molar-refractivity contribution in [2.45, 2.75) is 12.5 Å². The van der Waals surface area contributed by atoms with Crippen LogP contribution in [0, 0.1) is 0 Å². The molecule has 2 aromatic rings. The third-order valence-corrected chi connectivity index (χ3v) is 2.84. The Bertz CT molecular complexity index is 560. The number of nitrogens with two attached hydrogens (primary N) is 1. The Morgan fingerprint density at radius 3 is 2.81 bits per heavy atom. The fourth-order valence-corrected chi connectivity index (χ4v) is 1.74. The fourth-order valence-electron chi connectivity index (χ4n) is 1.65. The SMILES string of the molecule is N[C@@H](Cc1ccc(NCCCl)cc1)C(=O)Oc1nn[nH]n1. The lowest BCUT2D eigenvalue weighted by Gasteiger charge is -2.10. The Balaban J connectivity index is 1.86. The molecule has 0 spiro atoms. The molecule has 0 saturated carbocycles. The Labute approximate surface area is 126 Å². The van der Waals surface area contributed by atoms with Crippen LogP contribution in [0.4, 0.5) is 5.69 Å². The fraction of sp³-hybridized carbons (Fsp3) is 0.333. The van der Waals surface area contributed by atoms with Crippen molar-refractivity contribution in [3.05, 3.63) is 29.8 Å². The molecule has 0 unspecified atom stereocenters. The Hall–Kier alpha value is -2.19. The van der Waals surface area contributed by atoms with Crippen LogP contribution in [0.2, 0.25) is 0 Å². The van der Waals surface area contributed by atoms with Crippen LogP contribution in [0.5, 0.6) is 6.01 Å². The number of nitrogens with zero attached hydrogens (tertiary/aromatic N) is 3. The van der Waals surface area contributed by atoms with Crippen LogP contribution in [0.25, 0.3) is 0 Å². The molecule has 0 fully saturated rings. The lowest BCUT2D eigenvalue weighted by Crippen LogP contribution is -2.36. The molecular formula is C12H15ClN6O2.